The third kappa shape index (κ3) is 3.75. The average molecular weight is 415 g/mol. The van der Waals surface area contributed by atoms with Crippen molar-refractivity contribution in [2.45, 2.75) is 25.5 Å². The van der Waals surface area contributed by atoms with E-state index in [-0.39, 0.29) is 17.9 Å². The Labute approximate surface area is 178 Å². The SMILES string of the molecule is O=Cc1ccc(-c2ccc3c(c2)c(C(=O)Nc2ccncc2)cn3C2CCCCO2)o1. The number of hydrogen-bond acceptors (Lipinski definition) is 5. The lowest BCUT2D eigenvalue weighted by molar-refractivity contribution is -0.0292. The van der Waals surface area contributed by atoms with Gasteiger partial charge in [-0.25, -0.2) is 0 Å². The van der Waals surface area contributed by atoms with Crippen LogP contribution in [-0.2, 0) is 4.74 Å². The van der Waals surface area contributed by atoms with Crippen molar-refractivity contribution in [3.63, 3.8) is 0 Å². The molecule has 1 amide bonds. The van der Waals surface area contributed by atoms with Crippen LogP contribution in [0.1, 0.15) is 46.4 Å². The Bertz CT molecular complexity index is 1240. The summed E-state index contributed by atoms with van der Waals surface area (Å²) in [6.07, 6.45) is 8.73. The maximum absolute atomic E-state index is 13.2. The lowest BCUT2D eigenvalue weighted by atomic mass is 10.1. The summed E-state index contributed by atoms with van der Waals surface area (Å²) in [6, 6.07) is 12.7. The van der Waals surface area contributed by atoms with Gasteiger partial charge in [-0.1, -0.05) is 0 Å². The molecule has 0 radical (unpaired) electrons. The average Bonchev–Trinajstić information content (AvgIpc) is 3.45. The number of pyridine rings is 1. The van der Waals surface area contributed by atoms with Crippen LogP contribution >= 0.6 is 0 Å². The van der Waals surface area contributed by atoms with Crippen molar-refractivity contribution in [3.8, 4) is 11.3 Å². The highest BCUT2D eigenvalue weighted by atomic mass is 16.5. The first-order valence-corrected chi connectivity index (χ1v) is 10.3. The van der Waals surface area contributed by atoms with E-state index in [1.807, 2.05) is 29.0 Å². The first-order valence-electron chi connectivity index (χ1n) is 10.3. The number of ether oxygens (including phenoxy) is 1. The predicted molar refractivity (Wildman–Crippen MR) is 116 cm³/mol. The normalized spacial score (nSPS) is 16.3. The minimum atomic E-state index is -0.212. The minimum absolute atomic E-state index is 0.102. The van der Waals surface area contributed by atoms with E-state index >= 15 is 0 Å². The fraction of sp³-hybridized carbons (Fsp3) is 0.208. The molecule has 1 saturated heterocycles. The molecule has 156 valence electrons. The molecule has 0 bridgehead atoms. The quantitative estimate of drug-likeness (QED) is 0.461. The van der Waals surface area contributed by atoms with Gasteiger partial charge in [-0.15, -0.1) is 0 Å². The van der Waals surface area contributed by atoms with Crippen molar-refractivity contribution in [2.24, 2.45) is 0 Å². The lowest BCUT2D eigenvalue weighted by Gasteiger charge is -2.24. The van der Waals surface area contributed by atoms with Gasteiger partial charge in [0.25, 0.3) is 5.91 Å². The summed E-state index contributed by atoms with van der Waals surface area (Å²) in [5, 5.41) is 3.73. The second-order valence-corrected chi connectivity index (χ2v) is 7.51. The van der Waals surface area contributed by atoms with E-state index in [0.29, 0.717) is 29.9 Å². The van der Waals surface area contributed by atoms with E-state index in [0.717, 1.165) is 35.7 Å². The van der Waals surface area contributed by atoms with E-state index in [1.54, 1.807) is 36.7 Å². The topological polar surface area (TPSA) is 86.4 Å². The number of anilines is 1. The molecule has 5 rings (SSSR count). The number of rotatable bonds is 5. The fourth-order valence-corrected chi connectivity index (χ4v) is 3.98. The molecule has 1 atom stereocenters. The Morgan fingerprint density at radius 2 is 2.00 bits per heavy atom. The van der Waals surface area contributed by atoms with Crippen molar-refractivity contribution in [1.82, 2.24) is 9.55 Å². The maximum Gasteiger partial charge on any atom is 0.257 e. The number of aldehydes is 1. The summed E-state index contributed by atoms with van der Waals surface area (Å²) < 4.78 is 13.6. The van der Waals surface area contributed by atoms with Crippen LogP contribution in [0.2, 0.25) is 0 Å². The zero-order valence-electron chi connectivity index (χ0n) is 16.8. The standard InChI is InChI=1S/C24H21N3O4/c28-15-18-5-7-22(31-18)16-4-6-21-19(13-16)20(14-27(21)23-3-1-2-12-30-23)24(29)26-17-8-10-25-11-9-17/h4-11,13-15,23H,1-3,12H2,(H,25,26,29). The molecule has 4 aromatic rings. The number of aromatic nitrogens is 2. The van der Waals surface area contributed by atoms with Gasteiger partial charge < -0.3 is 19.0 Å². The number of furan rings is 1. The van der Waals surface area contributed by atoms with Gasteiger partial charge >= 0.3 is 0 Å². The van der Waals surface area contributed by atoms with Crippen LogP contribution in [0.4, 0.5) is 5.69 Å². The number of benzene rings is 1. The Kier molecular flexibility index (Phi) is 5.09. The van der Waals surface area contributed by atoms with Crippen LogP contribution in [0.15, 0.2) is 65.5 Å². The van der Waals surface area contributed by atoms with Gasteiger partial charge in [-0.2, -0.15) is 0 Å². The first-order chi connectivity index (χ1) is 15.2. The van der Waals surface area contributed by atoms with Crippen LogP contribution < -0.4 is 5.32 Å². The van der Waals surface area contributed by atoms with Crippen molar-refractivity contribution >= 4 is 28.8 Å². The predicted octanol–water partition coefficient (Wildman–Crippen LogP) is 5.06. The van der Waals surface area contributed by atoms with Crippen LogP contribution in [-0.4, -0.2) is 28.4 Å². The molecule has 1 fully saturated rings. The maximum atomic E-state index is 13.2. The Morgan fingerprint density at radius 3 is 2.74 bits per heavy atom. The molecule has 7 nitrogen and oxygen atoms in total. The van der Waals surface area contributed by atoms with E-state index in [4.69, 9.17) is 9.15 Å². The van der Waals surface area contributed by atoms with Crippen LogP contribution in [0, 0.1) is 0 Å². The van der Waals surface area contributed by atoms with Crippen molar-refractivity contribution in [1.29, 1.82) is 0 Å². The molecule has 1 aromatic carbocycles. The number of carbonyl (C=O) groups is 2. The second kappa shape index (κ2) is 8.20. The number of carbonyl (C=O) groups excluding carboxylic acids is 2. The van der Waals surface area contributed by atoms with Gasteiger partial charge in [-0.3, -0.25) is 14.6 Å². The molecule has 0 aliphatic carbocycles. The Balaban J connectivity index is 1.59. The van der Waals surface area contributed by atoms with Crippen LogP contribution in [0.25, 0.3) is 22.2 Å². The zero-order valence-corrected chi connectivity index (χ0v) is 16.8. The lowest BCUT2D eigenvalue weighted by Crippen LogP contribution is -2.17. The van der Waals surface area contributed by atoms with Gasteiger partial charge in [-0.05, 0) is 61.7 Å². The highest BCUT2D eigenvalue weighted by molar-refractivity contribution is 6.13. The van der Waals surface area contributed by atoms with Crippen molar-refractivity contribution in [2.75, 3.05) is 11.9 Å². The molecule has 7 heteroatoms. The van der Waals surface area contributed by atoms with E-state index in [1.165, 1.54) is 0 Å². The number of amides is 1. The molecule has 3 aromatic heterocycles. The molecule has 0 spiro atoms. The summed E-state index contributed by atoms with van der Waals surface area (Å²) in [5.74, 6) is 0.626. The van der Waals surface area contributed by atoms with Gasteiger partial charge in [0.05, 0.1) is 11.1 Å². The van der Waals surface area contributed by atoms with Crippen molar-refractivity contribution < 1.29 is 18.7 Å². The smallest absolute Gasteiger partial charge is 0.257 e. The van der Waals surface area contributed by atoms with Crippen molar-refractivity contribution in [3.05, 3.63) is 72.4 Å². The molecule has 1 aliphatic rings. The van der Waals surface area contributed by atoms with E-state index < -0.39 is 0 Å². The molecule has 0 saturated carbocycles. The van der Waals surface area contributed by atoms with Gasteiger partial charge in [0.2, 0.25) is 0 Å². The Hall–Kier alpha value is -3.71. The number of hydrogen-bond donors (Lipinski definition) is 1. The molecule has 1 unspecified atom stereocenters. The monoisotopic (exact) mass is 415 g/mol. The summed E-state index contributed by atoms with van der Waals surface area (Å²) in [4.78, 5) is 28.1. The third-order valence-electron chi connectivity index (χ3n) is 5.51. The van der Waals surface area contributed by atoms with E-state index in [2.05, 4.69) is 10.3 Å². The molecule has 1 N–H and O–H groups in total. The Morgan fingerprint density at radius 1 is 1.13 bits per heavy atom. The van der Waals surface area contributed by atoms with Gasteiger partial charge in [0.1, 0.15) is 12.0 Å². The van der Waals surface area contributed by atoms with Crippen LogP contribution in [0.3, 0.4) is 0 Å². The summed E-state index contributed by atoms with van der Waals surface area (Å²) >= 11 is 0. The third-order valence-corrected chi connectivity index (χ3v) is 5.51. The molecular weight excluding hydrogens is 394 g/mol. The largest absolute Gasteiger partial charge is 0.453 e. The second-order valence-electron chi connectivity index (χ2n) is 7.51. The molecule has 4 heterocycles. The summed E-state index contributed by atoms with van der Waals surface area (Å²) in [7, 11) is 0. The van der Waals surface area contributed by atoms with E-state index in [9.17, 15) is 9.59 Å². The van der Waals surface area contributed by atoms with Gasteiger partial charge in [0.15, 0.2) is 12.0 Å². The highest BCUT2D eigenvalue weighted by Gasteiger charge is 2.23. The molecular formula is C24H21N3O4. The van der Waals surface area contributed by atoms with Gasteiger partial charge in [0, 0.05) is 41.8 Å². The van der Waals surface area contributed by atoms with Crippen LogP contribution in [0.5, 0.6) is 0 Å². The fourth-order valence-electron chi connectivity index (χ4n) is 3.98. The molecule has 31 heavy (non-hydrogen) atoms. The number of fused-ring (bicyclic) bond motifs is 1. The number of nitrogens with one attached hydrogen (secondary N) is 1. The summed E-state index contributed by atoms with van der Waals surface area (Å²) in [6.45, 7) is 0.710. The first kappa shape index (κ1) is 19.3. The molecule has 1 aliphatic heterocycles. The zero-order chi connectivity index (χ0) is 21.2. The number of nitrogens with zero attached hydrogens (tertiary/aromatic N) is 2. The summed E-state index contributed by atoms with van der Waals surface area (Å²) in [5.41, 5.74) is 2.93. The minimum Gasteiger partial charge on any atom is -0.453 e. The highest BCUT2D eigenvalue weighted by Crippen LogP contribution is 2.33.